The lowest BCUT2D eigenvalue weighted by Crippen LogP contribution is -2.35. The van der Waals surface area contributed by atoms with Crippen LogP contribution in [0, 0.1) is 13.8 Å². The van der Waals surface area contributed by atoms with Crippen LogP contribution in [0.15, 0.2) is 16.8 Å². The summed E-state index contributed by atoms with van der Waals surface area (Å²) in [6.07, 6.45) is 4.92. The smallest absolute Gasteiger partial charge is 0.255 e. The number of aryl methyl sites for hydroxylation is 2. The zero-order valence-corrected chi connectivity index (χ0v) is 15.6. The molecule has 0 aliphatic carbocycles. The van der Waals surface area contributed by atoms with Gasteiger partial charge in [0.2, 0.25) is 0 Å². The van der Waals surface area contributed by atoms with Crippen molar-refractivity contribution in [3.63, 3.8) is 0 Å². The molecule has 0 radical (unpaired) electrons. The zero-order chi connectivity index (χ0) is 18.0. The monoisotopic (exact) mass is 362 g/mol. The third kappa shape index (κ3) is 3.79. The minimum atomic E-state index is 0.00836. The first-order valence-electron chi connectivity index (χ1n) is 8.55. The van der Waals surface area contributed by atoms with E-state index in [1.807, 2.05) is 30.7 Å². The SMILES string of the molecule is Cc1noc(C)c1CN(C)c1ncc(C(=O)N2CCCCC2)cc1Cl. The Morgan fingerprint density at radius 1 is 1.32 bits per heavy atom. The summed E-state index contributed by atoms with van der Waals surface area (Å²) in [7, 11) is 1.91. The highest BCUT2D eigenvalue weighted by Crippen LogP contribution is 2.26. The molecule has 0 N–H and O–H groups in total. The van der Waals surface area contributed by atoms with E-state index in [1.165, 1.54) is 6.42 Å². The van der Waals surface area contributed by atoms with Crippen molar-refractivity contribution in [3.05, 3.63) is 39.9 Å². The summed E-state index contributed by atoms with van der Waals surface area (Å²) >= 11 is 6.41. The van der Waals surface area contributed by atoms with Gasteiger partial charge in [-0.05, 0) is 39.2 Å². The molecule has 0 unspecified atom stereocenters. The normalized spacial score (nSPS) is 14.6. The average Bonchev–Trinajstić information content (AvgIpc) is 2.93. The van der Waals surface area contributed by atoms with Gasteiger partial charge in [-0.25, -0.2) is 4.98 Å². The third-order valence-electron chi connectivity index (χ3n) is 4.65. The summed E-state index contributed by atoms with van der Waals surface area (Å²) in [5.74, 6) is 1.43. The van der Waals surface area contributed by atoms with Gasteiger partial charge in [-0.3, -0.25) is 4.79 Å². The lowest BCUT2D eigenvalue weighted by molar-refractivity contribution is 0.0724. The molecule has 1 aliphatic heterocycles. The Morgan fingerprint density at radius 2 is 2.04 bits per heavy atom. The highest BCUT2D eigenvalue weighted by atomic mass is 35.5. The molecule has 3 heterocycles. The number of nitrogens with zero attached hydrogens (tertiary/aromatic N) is 4. The van der Waals surface area contributed by atoms with Crippen LogP contribution >= 0.6 is 11.6 Å². The van der Waals surface area contributed by atoms with Gasteiger partial charge in [0, 0.05) is 38.4 Å². The second-order valence-electron chi connectivity index (χ2n) is 6.54. The molecular weight excluding hydrogens is 340 g/mol. The Balaban J connectivity index is 1.76. The number of hydrogen-bond donors (Lipinski definition) is 0. The second kappa shape index (κ2) is 7.44. The molecule has 3 rings (SSSR count). The number of piperidine rings is 1. The van der Waals surface area contributed by atoms with Crippen molar-refractivity contribution in [2.45, 2.75) is 39.7 Å². The minimum absolute atomic E-state index is 0.00836. The van der Waals surface area contributed by atoms with Gasteiger partial charge in [0.15, 0.2) is 0 Å². The Kier molecular flexibility index (Phi) is 5.27. The van der Waals surface area contributed by atoms with Crippen molar-refractivity contribution in [2.75, 3.05) is 25.0 Å². The van der Waals surface area contributed by atoms with E-state index in [2.05, 4.69) is 10.1 Å². The van der Waals surface area contributed by atoms with E-state index in [9.17, 15) is 4.79 Å². The zero-order valence-electron chi connectivity index (χ0n) is 14.9. The van der Waals surface area contributed by atoms with Gasteiger partial charge in [0.1, 0.15) is 11.6 Å². The molecular formula is C18H23ClN4O2. The van der Waals surface area contributed by atoms with Crippen LogP contribution in [0.25, 0.3) is 0 Å². The summed E-state index contributed by atoms with van der Waals surface area (Å²) in [5, 5.41) is 4.44. The predicted octanol–water partition coefficient (Wildman–Crippen LogP) is 3.60. The number of hydrogen-bond acceptors (Lipinski definition) is 5. The van der Waals surface area contributed by atoms with Crippen molar-refractivity contribution in [2.24, 2.45) is 0 Å². The van der Waals surface area contributed by atoms with Crippen LogP contribution in [0.5, 0.6) is 0 Å². The van der Waals surface area contributed by atoms with Crippen LogP contribution in [0.2, 0.25) is 5.02 Å². The van der Waals surface area contributed by atoms with E-state index in [0.29, 0.717) is 22.9 Å². The number of anilines is 1. The van der Waals surface area contributed by atoms with Gasteiger partial charge >= 0.3 is 0 Å². The average molecular weight is 363 g/mol. The summed E-state index contributed by atoms with van der Waals surface area (Å²) in [4.78, 5) is 20.8. The number of amides is 1. The van der Waals surface area contributed by atoms with E-state index >= 15 is 0 Å². The molecule has 7 heteroatoms. The Labute approximate surface area is 152 Å². The van der Waals surface area contributed by atoms with E-state index in [4.69, 9.17) is 16.1 Å². The highest BCUT2D eigenvalue weighted by molar-refractivity contribution is 6.33. The molecule has 2 aromatic heterocycles. The van der Waals surface area contributed by atoms with Gasteiger partial charge in [0.05, 0.1) is 16.3 Å². The van der Waals surface area contributed by atoms with E-state index in [1.54, 1.807) is 12.3 Å². The van der Waals surface area contributed by atoms with Crippen molar-refractivity contribution in [3.8, 4) is 0 Å². The summed E-state index contributed by atoms with van der Waals surface area (Å²) in [6.45, 7) is 6.01. The standard InChI is InChI=1S/C18H23ClN4O2/c1-12-15(13(2)25-21-12)11-22(3)17-16(19)9-14(10-20-17)18(24)23-7-5-4-6-8-23/h9-10H,4-8,11H2,1-3H3. The molecule has 2 aromatic rings. The van der Waals surface area contributed by atoms with Crippen molar-refractivity contribution >= 4 is 23.3 Å². The predicted molar refractivity (Wildman–Crippen MR) is 97.1 cm³/mol. The first kappa shape index (κ1) is 17.7. The van der Waals surface area contributed by atoms with Gasteiger partial charge in [-0.2, -0.15) is 0 Å². The number of likely N-dealkylation sites (tertiary alicyclic amines) is 1. The number of carbonyl (C=O) groups is 1. The fraction of sp³-hybridized carbons (Fsp3) is 0.500. The maximum atomic E-state index is 12.6. The third-order valence-corrected chi connectivity index (χ3v) is 4.93. The van der Waals surface area contributed by atoms with Gasteiger partial charge in [0.25, 0.3) is 5.91 Å². The van der Waals surface area contributed by atoms with Crippen LogP contribution in [0.3, 0.4) is 0 Å². The Hall–Kier alpha value is -2.08. The topological polar surface area (TPSA) is 62.5 Å². The molecule has 1 fully saturated rings. The van der Waals surface area contributed by atoms with E-state index in [0.717, 1.165) is 42.9 Å². The lowest BCUT2D eigenvalue weighted by Gasteiger charge is -2.27. The van der Waals surface area contributed by atoms with Gasteiger partial charge < -0.3 is 14.3 Å². The summed E-state index contributed by atoms with van der Waals surface area (Å²) < 4.78 is 5.20. The molecule has 0 saturated carbocycles. The molecule has 0 spiro atoms. The van der Waals surface area contributed by atoms with Crippen molar-refractivity contribution in [1.82, 2.24) is 15.0 Å². The van der Waals surface area contributed by atoms with Crippen LogP contribution in [0.1, 0.15) is 46.6 Å². The molecule has 25 heavy (non-hydrogen) atoms. The minimum Gasteiger partial charge on any atom is -0.361 e. The fourth-order valence-corrected chi connectivity index (χ4v) is 3.46. The van der Waals surface area contributed by atoms with Gasteiger partial charge in [-0.1, -0.05) is 16.8 Å². The maximum absolute atomic E-state index is 12.6. The molecule has 1 saturated heterocycles. The fourth-order valence-electron chi connectivity index (χ4n) is 3.15. The maximum Gasteiger partial charge on any atom is 0.255 e. The molecule has 134 valence electrons. The highest BCUT2D eigenvalue weighted by Gasteiger charge is 2.21. The molecule has 0 aromatic carbocycles. The van der Waals surface area contributed by atoms with E-state index in [-0.39, 0.29) is 5.91 Å². The Morgan fingerprint density at radius 3 is 2.64 bits per heavy atom. The van der Waals surface area contributed by atoms with Gasteiger partial charge in [-0.15, -0.1) is 0 Å². The van der Waals surface area contributed by atoms with Crippen LogP contribution < -0.4 is 4.90 Å². The van der Waals surface area contributed by atoms with Crippen molar-refractivity contribution < 1.29 is 9.32 Å². The second-order valence-corrected chi connectivity index (χ2v) is 6.95. The van der Waals surface area contributed by atoms with Crippen LogP contribution in [-0.2, 0) is 6.54 Å². The number of pyridine rings is 1. The molecule has 1 aliphatic rings. The number of halogens is 1. The number of rotatable bonds is 4. The van der Waals surface area contributed by atoms with Crippen LogP contribution in [-0.4, -0.2) is 41.1 Å². The van der Waals surface area contributed by atoms with E-state index < -0.39 is 0 Å². The first-order valence-corrected chi connectivity index (χ1v) is 8.93. The molecule has 0 bridgehead atoms. The lowest BCUT2D eigenvalue weighted by atomic mass is 10.1. The molecule has 0 atom stereocenters. The van der Waals surface area contributed by atoms with Crippen molar-refractivity contribution in [1.29, 1.82) is 0 Å². The summed E-state index contributed by atoms with van der Waals surface area (Å²) in [5.41, 5.74) is 2.42. The number of aromatic nitrogens is 2. The number of carbonyl (C=O) groups excluding carboxylic acids is 1. The molecule has 6 nitrogen and oxygen atoms in total. The quantitative estimate of drug-likeness (QED) is 0.831. The van der Waals surface area contributed by atoms with Crippen LogP contribution in [0.4, 0.5) is 5.82 Å². The Bertz CT molecular complexity index is 749. The largest absolute Gasteiger partial charge is 0.361 e. The molecule has 1 amide bonds. The first-order chi connectivity index (χ1) is 12.0. The summed E-state index contributed by atoms with van der Waals surface area (Å²) in [6, 6.07) is 1.71.